The SMILES string of the molecule is O=C(N[C@H](Cc1ccc(Cl)cc1)C(=O)N1CCC(c2ccccc2CN2CCCCC2=O)CC1)c1cc(=O)c2cc(F)ccc2o1. The van der Waals surface area contributed by atoms with Gasteiger partial charge in [-0.3, -0.25) is 19.2 Å². The zero-order valence-corrected chi connectivity index (χ0v) is 26.1. The zero-order valence-electron chi connectivity index (χ0n) is 25.3. The molecule has 0 unspecified atom stereocenters. The van der Waals surface area contributed by atoms with Crippen LogP contribution in [0, 0.1) is 5.82 Å². The third-order valence-electron chi connectivity index (χ3n) is 8.95. The minimum Gasteiger partial charge on any atom is -0.451 e. The fraction of sp³-hybridized carbons (Fsp3) is 0.333. The summed E-state index contributed by atoms with van der Waals surface area (Å²) in [5.74, 6) is -1.37. The van der Waals surface area contributed by atoms with Crippen LogP contribution in [0.25, 0.3) is 11.0 Å². The number of likely N-dealkylation sites (tertiary alicyclic amines) is 2. The Hall–Kier alpha value is -4.50. The van der Waals surface area contributed by atoms with Crippen LogP contribution in [0.4, 0.5) is 4.39 Å². The van der Waals surface area contributed by atoms with Gasteiger partial charge in [-0.1, -0.05) is 48.0 Å². The Bertz CT molecular complexity index is 1820. The second kappa shape index (κ2) is 13.9. The molecule has 10 heteroatoms. The second-order valence-electron chi connectivity index (χ2n) is 12.0. The lowest BCUT2D eigenvalue weighted by molar-refractivity contribution is -0.135. The lowest BCUT2D eigenvalue weighted by Crippen LogP contribution is -2.51. The average molecular weight is 644 g/mol. The summed E-state index contributed by atoms with van der Waals surface area (Å²) < 4.78 is 19.3. The van der Waals surface area contributed by atoms with Gasteiger partial charge in [-0.25, -0.2) is 4.39 Å². The van der Waals surface area contributed by atoms with E-state index in [4.69, 9.17) is 16.0 Å². The van der Waals surface area contributed by atoms with Crippen molar-refractivity contribution in [3.63, 3.8) is 0 Å². The van der Waals surface area contributed by atoms with Crippen LogP contribution < -0.4 is 10.7 Å². The predicted molar refractivity (Wildman–Crippen MR) is 173 cm³/mol. The maximum absolute atomic E-state index is 14.0. The van der Waals surface area contributed by atoms with Crippen molar-refractivity contribution in [1.82, 2.24) is 15.1 Å². The van der Waals surface area contributed by atoms with E-state index >= 15 is 0 Å². The van der Waals surface area contributed by atoms with E-state index in [1.807, 2.05) is 17.0 Å². The van der Waals surface area contributed by atoms with Crippen molar-refractivity contribution in [3.05, 3.63) is 116 Å². The topological polar surface area (TPSA) is 99.9 Å². The Morgan fingerprint density at radius 1 is 0.957 bits per heavy atom. The summed E-state index contributed by atoms with van der Waals surface area (Å²) in [5.41, 5.74) is 2.68. The highest BCUT2D eigenvalue weighted by molar-refractivity contribution is 6.30. The van der Waals surface area contributed by atoms with Gasteiger partial charge in [-0.2, -0.15) is 0 Å². The third kappa shape index (κ3) is 7.15. The number of hydrogen-bond acceptors (Lipinski definition) is 5. The molecule has 4 aromatic rings. The van der Waals surface area contributed by atoms with Gasteiger partial charge in [0.1, 0.15) is 17.4 Å². The summed E-state index contributed by atoms with van der Waals surface area (Å²) in [6.07, 6.45) is 4.26. The van der Waals surface area contributed by atoms with E-state index in [1.54, 1.807) is 29.2 Å². The molecule has 1 atom stereocenters. The molecule has 238 valence electrons. The fourth-order valence-corrected chi connectivity index (χ4v) is 6.59. The Balaban J connectivity index is 1.17. The van der Waals surface area contributed by atoms with Crippen molar-refractivity contribution in [1.29, 1.82) is 0 Å². The minimum absolute atomic E-state index is 0.0253. The molecule has 3 amide bonds. The molecule has 0 aliphatic carbocycles. The minimum atomic E-state index is -0.933. The molecule has 0 radical (unpaired) electrons. The van der Waals surface area contributed by atoms with Gasteiger partial charge < -0.3 is 19.5 Å². The van der Waals surface area contributed by atoms with E-state index in [0.29, 0.717) is 31.1 Å². The van der Waals surface area contributed by atoms with Crippen molar-refractivity contribution >= 4 is 40.3 Å². The molecule has 2 aliphatic heterocycles. The van der Waals surface area contributed by atoms with Gasteiger partial charge in [0.2, 0.25) is 11.8 Å². The monoisotopic (exact) mass is 643 g/mol. The first-order chi connectivity index (χ1) is 22.2. The molecule has 2 aliphatic rings. The van der Waals surface area contributed by atoms with Gasteiger partial charge in [-0.15, -0.1) is 0 Å². The standard InChI is InChI=1S/C36H35ClFN3O5/c37-26-10-8-23(9-11-26)19-30(39-35(44)33-21-31(42)29-20-27(38)12-13-32(29)46-33)36(45)40-17-14-24(15-18-40)28-6-2-1-5-25(28)22-41-16-4-3-7-34(41)43/h1-2,5-6,8-13,20-21,24,30H,3-4,7,14-19,22H2,(H,39,44)/t30-/m1/s1. The maximum Gasteiger partial charge on any atom is 0.287 e. The number of halogens is 2. The molecular weight excluding hydrogens is 609 g/mol. The van der Waals surface area contributed by atoms with E-state index < -0.39 is 23.2 Å². The molecule has 1 N–H and O–H groups in total. The van der Waals surface area contributed by atoms with Gasteiger partial charge >= 0.3 is 0 Å². The smallest absolute Gasteiger partial charge is 0.287 e. The normalized spacial score (nSPS) is 16.4. The summed E-state index contributed by atoms with van der Waals surface area (Å²) in [5, 5.41) is 3.37. The molecule has 2 saturated heterocycles. The quantitative estimate of drug-likeness (QED) is 0.260. The second-order valence-corrected chi connectivity index (χ2v) is 12.5. The Morgan fingerprint density at radius 2 is 1.72 bits per heavy atom. The van der Waals surface area contributed by atoms with Crippen molar-refractivity contribution in [3.8, 4) is 0 Å². The molecule has 8 nitrogen and oxygen atoms in total. The molecule has 1 aromatic heterocycles. The molecule has 6 rings (SSSR count). The number of nitrogens with one attached hydrogen (secondary N) is 1. The van der Waals surface area contributed by atoms with Crippen LogP contribution in [0.2, 0.25) is 5.02 Å². The Morgan fingerprint density at radius 3 is 2.48 bits per heavy atom. The van der Waals surface area contributed by atoms with Crippen LogP contribution >= 0.6 is 11.6 Å². The van der Waals surface area contributed by atoms with Gasteiger partial charge in [0.15, 0.2) is 11.2 Å². The summed E-state index contributed by atoms with van der Waals surface area (Å²) in [7, 11) is 0. The summed E-state index contributed by atoms with van der Waals surface area (Å²) in [4.78, 5) is 56.2. The van der Waals surface area contributed by atoms with Crippen LogP contribution in [-0.4, -0.2) is 53.2 Å². The summed E-state index contributed by atoms with van der Waals surface area (Å²) in [6.45, 7) is 2.39. The largest absolute Gasteiger partial charge is 0.451 e. The van der Waals surface area contributed by atoms with Crippen molar-refractivity contribution in [2.75, 3.05) is 19.6 Å². The number of hydrogen-bond donors (Lipinski definition) is 1. The van der Waals surface area contributed by atoms with E-state index in [1.165, 1.54) is 11.6 Å². The lowest BCUT2D eigenvalue weighted by Gasteiger charge is -2.36. The Labute approximate surface area is 271 Å². The zero-order chi connectivity index (χ0) is 32.2. The molecule has 0 bridgehead atoms. The van der Waals surface area contributed by atoms with Crippen molar-refractivity contribution in [2.24, 2.45) is 0 Å². The Kier molecular flexibility index (Phi) is 9.49. The first-order valence-corrected chi connectivity index (χ1v) is 16.1. The van der Waals surface area contributed by atoms with Crippen LogP contribution in [-0.2, 0) is 22.6 Å². The molecular formula is C36H35ClFN3O5. The maximum atomic E-state index is 14.0. The summed E-state index contributed by atoms with van der Waals surface area (Å²) >= 11 is 6.08. The number of fused-ring (bicyclic) bond motifs is 1. The number of benzene rings is 3. The number of nitrogens with zero attached hydrogens (tertiary/aromatic N) is 2. The van der Waals surface area contributed by atoms with Crippen LogP contribution in [0.5, 0.6) is 0 Å². The molecule has 46 heavy (non-hydrogen) atoms. The van der Waals surface area contributed by atoms with Gasteiger partial charge in [0.25, 0.3) is 5.91 Å². The molecule has 2 fully saturated rings. The highest BCUT2D eigenvalue weighted by atomic mass is 35.5. The number of piperidine rings is 2. The number of carbonyl (C=O) groups is 3. The van der Waals surface area contributed by atoms with Gasteiger partial charge in [0.05, 0.1) is 5.39 Å². The fourth-order valence-electron chi connectivity index (χ4n) is 6.47. The third-order valence-corrected chi connectivity index (χ3v) is 9.21. The van der Waals surface area contributed by atoms with Crippen molar-refractivity contribution < 1.29 is 23.2 Å². The highest BCUT2D eigenvalue weighted by Gasteiger charge is 2.32. The van der Waals surface area contributed by atoms with Gasteiger partial charge in [-0.05, 0) is 78.6 Å². The van der Waals surface area contributed by atoms with Crippen LogP contribution in [0.15, 0.2) is 82.0 Å². The van der Waals surface area contributed by atoms with E-state index in [0.717, 1.165) is 61.6 Å². The molecule has 0 saturated carbocycles. The number of amides is 3. The van der Waals surface area contributed by atoms with E-state index in [-0.39, 0.29) is 40.9 Å². The van der Waals surface area contributed by atoms with Gasteiger partial charge in [0, 0.05) is 50.1 Å². The highest BCUT2D eigenvalue weighted by Crippen LogP contribution is 2.32. The number of carbonyl (C=O) groups excluding carboxylic acids is 3. The lowest BCUT2D eigenvalue weighted by atomic mass is 9.86. The average Bonchev–Trinajstić information content (AvgIpc) is 3.06. The molecule has 3 aromatic carbocycles. The first-order valence-electron chi connectivity index (χ1n) is 15.7. The summed E-state index contributed by atoms with van der Waals surface area (Å²) in [6, 6.07) is 18.9. The van der Waals surface area contributed by atoms with Crippen LogP contribution in [0.3, 0.4) is 0 Å². The van der Waals surface area contributed by atoms with Crippen molar-refractivity contribution in [2.45, 2.75) is 57.0 Å². The van der Waals surface area contributed by atoms with Crippen LogP contribution in [0.1, 0.15) is 65.3 Å². The predicted octanol–water partition coefficient (Wildman–Crippen LogP) is 5.85. The van der Waals surface area contributed by atoms with E-state index in [2.05, 4.69) is 17.4 Å². The first kappa shape index (κ1) is 31.5. The van der Waals surface area contributed by atoms with E-state index in [9.17, 15) is 23.6 Å². The molecule has 3 heterocycles. The number of rotatable bonds is 8. The molecule has 0 spiro atoms.